The molecule has 0 saturated carbocycles. The van der Waals surface area contributed by atoms with Gasteiger partial charge in [0.05, 0.1) is 5.52 Å². The first-order chi connectivity index (χ1) is 11.7. The van der Waals surface area contributed by atoms with Crippen LogP contribution in [-0.4, -0.2) is 53.8 Å². The molecule has 6 heteroatoms. The van der Waals surface area contributed by atoms with E-state index in [1.165, 1.54) is 0 Å². The molecule has 0 bridgehead atoms. The van der Waals surface area contributed by atoms with Crippen LogP contribution in [0.2, 0.25) is 0 Å². The molecule has 6 nitrogen and oxygen atoms in total. The minimum atomic E-state index is -0.199. The van der Waals surface area contributed by atoms with E-state index >= 15 is 0 Å². The van der Waals surface area contributed by atoms with Crippen LogP contribution < -0.4 is 10.6 Å². The van der Waals surface area contributed by atoms with Gasteiger partial charge in [0.2, 0.25) is 0 Å². The predicted molar refractivity (Wildman–Crippen MR) is 95.0 cm³/mol. The molecule has 1 fully saturated rings. The number of benzene rings is 1. The molecule has 3 N–H and O–H groups in total. The summed E-state index contributed by atoms with van der Waals surface area (Å²) in [6, 6.07) is 9.38. The van der Waals surface area contributed by atoms with Gasteiger partial charge >= 0.3 is 6.03 Å². The molecular weight excluding hydrogens is 304 g/mol. The number of amides is 2. The van der Waals surface area contributed by atoms with Crippen LogP contribution in [0.3, 0.4) is 0 Å². The van der Waals surface area contributed by atoms with Crippen LogP contribution >= 0.6 is 0 Å². The van der Waals surface area contributed by atoms with E-state index < -0.39 is 0 Å². The van der Waals surface area contributed by atoms with Gasteiger partial charge < -0.3 is 20.6 Å². The van der Waals surface area contributed by atoms with Gasteiger partial charge in [-0.15, -0.1) is 0 Å². The predicted octanol–water partition coefficient (Wildman–Crippen LogP) is 2.06. The summed E-state index contributed by atoms with van der Waals surface area (Å²) >= 11 is 0. The third kappa shape index (κ3) is 4.43. The maximum absolute atomic E-state index is 12.0. The molecule has 0 unspecified atom stereocenters. The second-order valence-electron chi connectivity index (χ2n) is 6.26. The van der Waals surface area contributed by atoms with Gasteiger partial charge in [-0.1, -0.05) is 12.1 Å². The maximum Gasteiger partial charge on any atom is 0.319 e. The number of carbonyl (C=O) groups is 1. The quantitative estimate of drug-likeness (QED) is 0.785. The number of nitrogens with one attached hydrogen (secondary N) is 2. The molecule has 2 amide bonds. The minimum absolute atomic E-state index is 0.199. The zero-order valence-electron chi connectivity index (χ0n) is 13.7. The molecule has 0 aliphatic carbocycles. The molecule has 1 aromatic carbocycles. The van der Waals surface area contributed by atoms with E-state index in [-0.39, 0.29) is 12.6 Å². The third-order valence-corrected chi connectivity index (χ3v) is 4.54. The number of aliphatic hydroxyl groups is 1. The van der Waals surface area contributed by atoms with Crippen molar-refractivity contribution >= 4 is 22.6 Å². The molecule has 2 aromatic rings. The summed E-state index contributed by atoms with van der Waals surface area (Å²) in [4.78, 5) is 18.6. The van der Waals surface area contributed by atoms with Gasteiger partial charge in [0.15, 0.2) is 0 Å². The lowest BCUT2D eigenvalue weighted by Crippen LogP contribution is -2.41. The number of hydrogen-bond acceptors (Lipinski definition) is 4. The van der Waals surface area contributed by atoms with Gasteiger partial charge in [0.25, 0.3) is 0 Å². The lowest BCUT2D eigenvalue weighted by Gasteiger charge is -2.30. The number of anilines is 1. The van der Waals surface area contributed by atoms with E-state index in [1.807, 2.05) is 30.3 Å². The van der Waals surface area contributed by atoms with Crippen molar-refractivity contribution in [2.75, 3.05) is 38.1 Å². The Morgan fingerprint density at radius 1 is 1.29 bits per heavy atom. The first-order valence-electron chi connectivity index (χ1n) is 8.47. The normalized spacial score (nSPS) is 16.2. The SMILES string of the molecule is O=C(NCCN1CCC(CO)CC1)Nc1ccc2cccnc2c1. The Kier molecular flexibility index (Phi) is 5.61. The van der Waals surface area contributed by atoms with Crippen molar-refractivity contribution < 1.29 is 9.90 Å². The van der Waals surface area contributed by atoms with Crippen LogP contribution in [0.25, 0.3) is 10.9 Å². The maximum atomic E-state index is 12.0. The number of pyridine rings is 1. The Balaban J connectivity index is 1.42. The van der Waals surface area contributed by atoms with Gasteiger partial charge in [-0.25, -0.2) is 4.79 Å². The monoisotopic (exact) mass is 328 g/mol. The average Bonchev–Trinajstić information content (AvgIpc) is 2.62. The first-order valence-corrected chi connectivity index (χ1v) is 8.47. The fourth-order valence-corrected chi connectivity index (χ4v) is 3.04. The summed E-state index contributed by atoms with van der Waals surface area (Å²) in [6.07, 6.45) is 3.81. The van der Waals surface area contributed by atoms with E-state index in [2.05, 4.69) is 20.5 Å². The Morgan fingerprint density at radius 3 is 2.92 bits per heavy atom. The van der Waals surface area contributed by atoms with Crippen molar-refractivity contribution in [2.45, 2.75) is 12.8 Å². The average molecular weight is 328 g/mol. The highest BCUT2D eigenvalue weighted by molar-refractivity contribution is 5.92. The Labute approximate surface area is 141 Å². The standard InChI is InChI=1S/C18H24N4O2/c23-13-14-5-9-22(10-6-14)11-8-20-18(24)21-16-4-3-15-2-1-7-19-17(15)12-16/h1-4,7,12,14,23H,5-6,8-11,13H2,(H2,20,21,24). The summed E-state index contributed by atoms with van der Waals surface area (Å²) in [5.74, 6) is 0.444. The van der Waals surface area contributed by atoms with Gasteiger partial charge in [-0.2, -0.15) is 0 Å². The van der Waals surface area contributed by atoms with Crippen LogP contribution in [0.5, 0.6) is 0 Å². The third-order valence-electron chi connectivity index (χ3n) is 4.54. The smallest absolute Gasteiger partial charge is 0.319 e. The number of carbonyl (C=O) groups excluding carboxylic acids is 1. The number of fused-ring (bicyclic) bond motifs is 1. The molecule has 0 radical (unpaired) electrons. The van der Waals surface area contributed by atoms with E-state index in [4.69, 9.17) is 5.11 Å². The number of rotatable bonds is 5. The zero-order chi connectivity index (χ0) is 16.8. The lowest BCUT2D eigenvalue weighted by molar-refractivity contribution is 0.132. The molecule has 0 atom stereocenters. The zero-order valence-corrected chi connectivity index (χ0v) is 13.7. The highest BCUT2D eigenvalue weighted by Crippen LogP contribution is 2.17. The Bertz CT molecular complexity index is 684. The summed E-state index contributed by atoms with van der Waals surface area (Å²) in [6.45, 7) is 3.72. The number of likely N-dealkylation sites (tertiary alicyclic amines) is 1. The number of urea groups is 1. The van der Waals surface area contributed by atoms with Gasteiger partial charge in [0.1, 0.15) is 0 Å². The van der Waals surface area contributed by atoms with E-state index in [0.29, 0.717) is 12.5 Å². The van der Waals surface area contributed by atoms with Crippen molar-refractivity contribution in [2.24, 2.45) is 5.92 Å². The molecule has 1 aliphatic heterocycles. The van der Waals surface area contributed by atoms with E-state index in [9.17, 15) is 4.79 Å². The van der Waals surface area contributed by atoms with Crippen molar-refractivity contribution in [3.63, 3.8) is 0 Å². The van der Waals surface area contributed by atoms with Crippen molar-refractivity contribution in [3.05, 3.63) is 36.5 Å². The fourth-order valence-electron chi connectivity index (χ4n) is 3.04. The molecule has 1 aromatic heterocycles. The minimum Gasteiger partial charge on any atom is -0.396 e. The van der Waals surface area contributed by atoms with Crippen molar-refractivity contribution in [1.29, 1.82) is 0 Å². The summed E-state index contributed by atoms with van der Waals surface area (Å²) < 4.78 is 0. The summed E-state index contributed by atoms with van der Waals surface area (Å²) in [5.41, 5.74) is 1.60. The number of aliphatic hydroxyl groups excluding tert-OH is 1. The van der Waals surface area contributed by atoms with Crippen LogP contribution in [0.1, 0.15) is 12.8 Å². The Morgan fingerprint density at radius 2 is 2.12 bits per heavy atom. The summed E-state index contributed by atoms with van der Waals surface area (Å²) in [5, 5.41) is 15.9. The van der Waals surface area contributed by atoms with Crippen molar-refractivity contribution in [3.8, 4) is 0 Å². The molecular formula is C18H24N4O2. The topological polar surface area (TPSA) is 77.5 Å². The van der Waals surface area contributed by atoms with Gasteiger partial charge in [-0.3, -0.25) is 4.98 Å². The molecule has 24 heavy (non-hydrogen) atoms. The number of nitrogens with zero attached hydrogens (tertiary/aromatic N) is 2. The summed E-state index contributed by atoms with van der Waals surface area (Å²) in [7, 11) is 0. The Hall–Kier alpha value is -2.18. The van der Waals surface area contributed by atoms with E-state index in [0.717, 1.165) is 49.1 Å². The van der Waals surface area contributed by atoms with Crippen molar-refractivity contribution in [1.82, 2.24) is 15.2 Å². The van der Waals surface area contributed by atoms with Crippen LogP contribution in [0.4, 0.5) is 10.5 Å². The molecule has 0 spiro atoms. The van der Waals surface area contributed by atoms with Gasteiger partial charge in [-0.05, 0) is 50.0 Å². The van der Waals surface area contributed by atoms with E-state index in [1.54, 1.807) is 6.20 Å². The molecule has 1 saturated heterocycles. The lowest BCUT2D eigenvalue weighted by atomic mass is 9.98. The first kappa shape index (κ1) is 16.7. The fraction of sp³-hybridized carbons (Fsp3) is 0.444. The largest absolute Gasteiger partial charge is 0.396 e. The molecule has 128 valence electrons. The van der Waals surface area contributed by atoms with Crippen LogP contribution in [0, 0.1) is 5.92 Å². The number of piperidine rings is 1. The second kappa shape index (κ2) is 8.08. The number of aromatic nitrogens is 1. The molecule has 3 rings (SSSR count). The highest BCUT2D eigenvalue weighted by Gasteiger charge is 2.17. The number of hydrogen-bond donors (Lipinski definition) is 3. The van der Waals surface area contributed by atoms with Gasteiger partial charge in [0, 0.05) is 37.0 Å². The molecule has 2 heterocycles. The van der Waals surface area contributed by atoms with Crippen LogP contribution in [0.15, 0.2) is 36.5 Å². The second-order valence-corrected chi connectivity index (χ2v) is 6.26. The molecule has 1 aliphatic rings. The highest BCUT2D eigenvalue weighted by atomic mass is 16.3. The van der Waals surface area contributed by atoms with Crippen LogP contribution in [-0.2, 0) is 0 Å².